The fourth-order valence-corrected chi connectivity index (χ4v) is 2.28. The molecule has 0 unspecified atom stereocenters. The van der Waals surface area contributed by atoms with E-state index in [4.69, 9.17) is 5.73 Å². The van der Waals surface area contributed by atoms with Crippen molar-refractivity contribution >= 4 is 22.3 Å². The predicted molar refractivity (Wildman–Crippen MR) is 81.4 cm³/mol. The molecule has 0 aliphatic heterocycles. The van der Waals surface area contributed by atoms with Crippen LogP contribution in [0.15, 0.2) is 36.5 Å². The molecule has 0 radical (unpaired) electrons. The highest BCUT2D eigenvalue weighted by Gasteiger charge is 2.05. The highest BCUT2D eigenvalue weighted by molar-refractivity contribution is 5.93. The zero-order valence-corrected chi connectivity index (χ0v) is 11.6. The van der Waals surface area contributed by atoms with Crippen LogP contribution in [0.3, 0.4) is 0 Å². The van der Waals surface area contributed by atoms with Gasteiger partial charge in [0, 0.05) is 35.7 Å². The summed E-state index contributed by atoms with van der Waals surface area (Å²) in [5.41, 5.74) is 10.7. The van der Waals surface area contributed by atoms with Crippen LogP contribution >= 0.6 is 0 Å². The number of nitrogen functional groups attached to an aromatic ring is 1. The lowest BCUT2D eigenvalue weighted by Gasteiger charge is -2.11. The molecule has 5 nitrogen and oxygen atoms in total. The third-order valence-corrected chi connectivity index (χ3v) is 3.34. The van der Waals surface area contributed by atoms with Crippen molar-refractivity contribution in [2.45, 2.75) is 13.5 Å². The number of rotatable bonds is 3. The minimum atomic E-state index is 0.712. The molecule has 5 heteroatoms. The Balaban J connectivity index is 1.98. The third kappa shape index (κ3) is 2.30. The highest BCUT2D eigenvalue weighted by Crippen LogP contribution is 2.25. The molecule has 0 bridgehead atoms. The number of aryl methyl sites for hydroxylation is 2. The van der Waals surface area contributed by atoms with Crippen molar-refractivity contribution in [2.75, 3.05) is 11.1 Å². The van der Waals surface area contributed by atoms with Crippen LogP contribution in [0.4, 0.5) is 11.4 Å². The zero-order chi connectivity index (χ0) is 14.1. The zero-order valence-electron chi connectivity index (χ0n) is 11.6. The van der Waals surface area contributed by atoms with Crippen molar-refractivity contribution in [2.24, 2.45) is 7.05 Å². The van der Waals surface area contributed by atoms with E-state index < -0.39 is 0 Å². The van der Waals surface area contributed by atoms with Crippen LogP contribution in [0.2, 0.25) is 0 Å². The second kappa shape index (κ2) is 4.85. The molecule has 2 heterocycles. The van der Waals surface area contributed by atoms with Gasteiger partial charge in [-0.3, -0.25) is 9.67 Å². The van der Waals surface area contributed by atoms with E-state index in [9.17, 15) is 0 Å². The Morgan fingerprint density at radius 2 is 2.10 bits per heavy atom. The van der Waals surface area contributed by atoms with Crippen LogP contribution in [-0.2, 0) is 13.6 Å². The van der Waals surface area contributed by atoms with Gasteiger partial charge >= 0.3 is 0 Å². The molecule has 0 amide bonds. The molecule has 3 aromatic rings. The molecule has 0 saturated carbocycles. The number of nitrogens with one attached hydrogen (secondary N) is 1. The molecule has 0 aliphatic rings. The maximum atomic E-state index is 5.88. The fraction of sp³-hybridized carbons (Fsp3) is 0.200. The molecule has 102 valence electrons. The van der Waals surface area contributed by atoms with E-state index in [0.29, 0.717) is 6.54 Å². The van der Waals surface area contributed by atoms with Gasteiger partial charge in [0.25, 0.3) is 0 Å². The largest absolute Gasteiger partial charge is 0.399 e. The SMILES string of the molecule is Cc1cc(NCc2ccnn2C)c2cc(N)ccc2n1. The number of pyridine rings is 1. The van der Waals surface area contributed by atoms with Crippen LogP contribution in [0.25, 0.3) is 10.9 Å². The first-order valence-corrected chi connectivity index (χ1v) is 6.51. The van der Waals surface area contributed by atoms with Crippen LogP contribution in [0.5, 0.6) is 0 Å². The van der Waals surface area contributed by atoms with Crippen molar-refractivity contribution < 1.29 is 0 Å². The molecule has 20 heavy (non-hydrogen) atoms. The maximum Gasteiger partial charge on any atom is 0.0727 e. The monoisotopic (exact) mass is 267 g/mol. The van der Waals surface area contributed by atoms with E-state index >= 15 is 0 Å². The smallest absolute Gasteiger partial charge is 0.0727 e. The van der Waals surface area contributed by atoms with Crippen molar-refractivity contribution in [3.8, 4) is 0 Å². The molecule has 2 aromatic heterocycles. The van der Waals surface area contributed by atoms with E-state index in [1.54, 1.807) is 6.20 Å². The molecular weight excluding hydrogens is 250 g/mol. The fourth-order valence-electron chi connectivity index (χ4n) is 2.28. The number of aromatic nitrogens is 3. The summed E-state index contributed by atoms with van der Waals surface area (Å²) in [6.45, 7) is 2.70. The average molecular weight is 267 g/mol. The first-order chi connectivity index (χ1) is 9.63. The van der Waals surface area contributed by atoms with Gasteiger partial charge in [-0.2, -0.15) is 5.10 Å². The number of fused-ring (bicyclic) bond motifs is 1. The summed E-state index contributed by atoms with van der Waals surface area (Å²) in [5, 5.41) is 8.65. The number of hydrogen-bond donors (Lipinski definition) is 2. The normalized spacial score (nSPS) is 10.9. The van der Waals surface area contributed by atoms with Gasteiger partial charge in [-0.25, -0.2) is 0 Å². The molecule has 0 fully saturated rings. The van der Waals surface area contributed by atoms with Crippen LogP contribution in [-0.4, -0.2) is 14.8 Å². The number of nitrogens with zero attached hydrogens (tertiary/aromatic N) is 3. The standard InChI is InChI=1S/C15H17N5/c1-10-7-15(17-9-12-5-6-18-20(12)2)13-8-11(16)3-4-14(13)19-10/h3-8H,9,16H2,1-2H3,(H,17,19). The van der Waals surface area contributed by atoms with E-state index in [2.05, 4.69) is 15.4 Å². The molecule has 3 rings (SSSR count). The van der Waals surface area contributed by atoms with Crippen LogP contribution < -0.4 is 11.1 Å². The minimum absolute atomic E-state index is 0.712. The van der Waals surface area contributed by atoms with Crippen molar-refractivity contribution in [1.29, 1.82) is 0 Å². The maximum absolute atomic E-state index is 5.88. The van der Waals surface area contributed by atoms with Gasteiger partial charge in [-0.15, -0.1) is 0 Å². The molecule has 1 aromatic carbocycles. The molecule has 0 saturated heterocycles. The number of hydrogen-bond acceptors (Lipinski definition) is 4. The summed E-state index contributed by atoms with van der Waals surface area (Å²) in [4.78, 5) is 4.53. The van der Waals surface area contributed by atoms with Crippen molar-refractivity contribution in [3.63, 3.8) is 0 Å². The van der Waals surface area contributed by atoms with Gasteiger partial charge < -0.3 is 11.1 Å². The lowest BCUT2D eigenvalue weighted by molar-refractivity contribution is 0.720. The molecular formula is C15H17N5. The molecule has 0 aliphatic carbocycles. The second-order valence-electron chi connectivity index (χ2n) is 4.89. The second-order valence-corrected chi connectivity index (χ2v) is 4.89. The van der Waals surface area contributed by atoms with Gasteiger partial charge in [0.2, 0.25) is 0 Å². The van der Waals surface area contributed by atoms with Gasteiger partial charge in [0.05, 0.1) is 17.8 Å². The molecule has 0 spiro atoms. The summed E-state index contributed by atoms with van der Waals surface area (Å²) in [5.74, 6) is 0. The van der Waals surface area contributed by atoms with Gasteiger partial charge in [0.15, 0.2) is 0 Å². The van der Waals surface area contributed by atoms with E-state index in [1.807, 2.05) is 49.0 Å². The Bertz CT molecular complexity index is 760. The topological polar surface area (TPSA) is 68.8 Å². The quantitative estimate of drug-likeness (QED) is 0.715. The van der Waals surface area contributed by atoms with Crippen molar-refractivity contribution in [3.05, 3.63) is 47.9 Å². The highest BCUT2D eigenvalue weighted by atomic mass is 15.3. The Labute approximate surface area is 117 Å². The minimum Gasteiger partial charge on any atom is -0.399 e. The summed E-state index contributed by atoms with van der Waals surface area (Å²) < 4.78 is 1.86. The molecule has 3 N–H and O–H groups in total. The number of benzene rings is 1. The first-order valence-electron chi connectivity index (χ1n) is 6.51. The van der Waals surface area contributed by atoms with Crippen LogP contribution in [0, 0.1) is 6.92 Å². The first kappa shape index (κ1) is 12.5. The summed E-state index contributed by atoms with van der Waals surface area (Å²) in [6, 6.07) is 9.82. The van der Waals surface area contributed by atoms with Gasteiger partial charge in [0.1, 0.15) is 0 Å². The third-order valence-electron chi connectivity index (χ3n) is 3.34. The molecule has 0 atom stereocenters. The Hall–Kier alpha value is -2.56. The van der Waals surface area contributed by atoms with E-state index in [-0.39, 0.29) is 0 Å². The Kier molecular flexibility index (Phi) is 3.02. The predicted octanol–water partition coefficient (Wildman–Crippen LogP) is 2.47. The number of nitrogens with two attached hydrogens (primary N) is 1. The lowest BCUT2D eigenvalue weighted by Crippen LogP contribution is -2.06. The van der Waals surface area contributed by atoms with Gasteiger partial charge in [-0.05, 0) is 37.3 Å². The Morgan fingerprint density at radius 3 is 2.85 bits per heavy atom. The lowest BCUT2D eigenvalue weighted by atomic mass is 10.1. The van der Waals surface area contributed by atoms with Gasteiger partial charge in [-0.1, -0.05) is 0 Å². The van der Waals surface area contributed by atoms with Crippen LogP contribution in [0.1, 0.15) is 11.4 Å². The Morgan fingerprint density at radius 1 is 1.25 bits per heavy atom. The average Bonchev–Trinajstić information content (AvgIpc) is 2.82. The van der Waals surface area contributed by atoms with E-state index in [1.165, 1.54) is 0 Å². The summed E-state index contributed by atoms with van der Waals surface area (Å²) in [6.07, 6.45) is 1.80. The summed E-state index contributed by atoms with van der Waals surface area (Å²) in [7, 11) is 1.94. The summed E-state index contributed by atoms with van der Waals surface area (Å²) >= 11 is 0. The van der Waals surface area contributed by atoms with Crippen molar-refractivity contribution in [1.82, 2.24) is 14.8 Å². The number of anilines is 2. The van der Waals surface area contributed by atoms with E-state index in [0.717, 1.165) is 33.7 Å².